The number of carbonyl (C=O) groups excluding carboxylic acids is 1. The Labute approximate surface area is 260 Å². The third-order valence-electron chi connectivity index (χ3n) is 9.46. The summed E-state index contributed by atoms with van der Waals surface area (Å²) in [6, 6.07) is 20.3. The number of hydrogen-bond acceptors (Lipinski definition) is 6. The first-order chi connectivity index (χ1) is 20.8. The molecule has 0 bridgehead atoms. The van der Waals surface area contributed by atoms with Crippen molar-refractivity contribution in [2.24, 2.45) is 11.8 Å². The van der Waals surface area contributed by atoms with Crippen LogP contribution in [-0.4, -0.2) is 47.1 Å². The number of amides is 1. The standard InChI is InChI=1S/C34H40ClN3O4S/c1-2-36-20-26-10-11-27(26)21-38-22-34(16-6-9-25-18-28(35)12-14-30(25)34)23-42-32-15-13-29(19-31(32)38)43(40,41)37-33(39)17-24-7-4-3-5-8-24/h3-5,7-8,12-15,18-19,26-27,36H,2,6,9-11,16-17,20-23H2,1H3,(H,37,39)/t26-,27-,34+/m1/s1. The van der Waals surface area contributed by atoms with Gasteiger partial charge in [0.2, 0.25) is 5.91 Å². The molecular weight excluding hydrogens is 582 g/mol. The van der Waals surface area contributed by atoms with Gasteiger partial charge in [-0.2, -0.15) is 0 Å². The van der Waals surface area contributed by atoms with E-state index < -0.39 is 15.9 Å². The smallest absolute Gasteiger partial charge is 0.264 e. The highest BCUT2D eigenvalue weighted by Gasteiger charge is 2.43. The van der Waals surface area contributed by atoms with Gasteiger partial charge in [0.25, 0.3) is 10.0 Å². The third-order valence-corrected chi connectivity index (χ3v) is 11.1. The monoisotopic (exact) mass is 621 g/mol. The summed E-state index contributed by atoms with van der Waals surface area (Å²) in [5.74, 6) is 1.20. The Bertz CT molecular complexity index is 1580. The van der Waals surface area contributed by atoms with Gasteiger partial charge >= 0.3 is 0 Å². The van der Waals surface area contributed by atoms with Crippen molar-refractivity contribution >= 4 is 33.2 Å². The molecule has 3 aliphatic rings. The van der Waals surface area contributed by atoms with E-state index in [9.17, 15) is 13.2 Å². The molecule has 1 saturated carbocycles. The van der Waals surface area contributed by atoms with Gasteiger partial charge in [0, 0.05) is 23.5 Å². The van der Waals surface area contributed by atoms with Crippen LogP contribution < -0.4 is 19.7 Å². The number of anilines is 1. The van der Waals surface area contributed by atoms with Gasteiger partial charge < -0.3 is 15.0 Å². The first kappa shape index (κ1) is 30.0. The molecule has 0 aromatic heterocycles. The summed E-state index contributed by atoms with van der Waals surface area (Å²) in [6.07, 6.45) is 5.35. The number of ether oxygens (including phenoxy) is 1. The molecule has 43 heavy (non-hydrogen) atoms. The second-order valence-electron chi connectivity index (χ2n) is 12.3. The highest BCUT2D eigenvalue weighted by Crippen LogP contribution is 2.46. The Balaban J connectivity index is 1.32. The van der Waals surface area contributed by atoms with Crippen molar-refractivity contribution in [3.05, 3.63) is 88.4 Å². The fraction of sp³-hybridized carbons (Fsp3) is 0.441. The Morgan fingerprint density at radius 3 is 2.65 bits per heavy atom. The number of sulfonamides is 1. The molecule has 2 aliphatic carbocycles. The third kappa shape index (κ3) is 6.42. The van der Waals surface area contributed by atoms with Crippen LogP contribution in [0.15, 0.2) is 71.6 Å². The van der Waals surface area contributed by atoms with Crippen molar-refractivity contribution in [2.75, 3.05) is 37.7 Å². The zero-order chi connectivity index (χ0) is 30.0. The summed E-state index contributed by atoms with van der Waals surface area (Å²) in [5, 5.41) is 4.26. The highest BCUT2D eigenvalue weighted by atomic mass is 35.5. The zero-order valence-electron chi connectivity index (χ0n) is 24.7. The van der Waals surface area contributed by atoms with Crippen molar-refractivity contribution in [3.63, 3.8) is 0 Å². The number of halogens is 1. The molecule has 228 valence electrons. The maximum absolute atomic E-state index is 13.4. The Morgan fingerprint density at radius 1 is 1.07 bits per heavy atom. The summed E-state index contributed by atoms with van der Waals surface area (Å²) in [6.45, 7) is 6.13. The average Bonchev–Trinajstić information content (AvgIpc) is 3.12. The second kappa shape index (κ2) is 12.5. The molecule has 0 saturated heterocycles. The second-order valence-corrected chi connectivity index (χ2v) is 14.4. The molecular formula is C34H40ClN3O4S. The van der Waals surface area contributed by atoms with E-state index in [1.807, 2.05) is 24.3 Å². The van der Waals surface area contributed by atoms with Crippen molar-refractivity contribution in [1.82, 2.24) is 10.0 Å². The molecule has 3 aromatic carbocycles. The summed E-state index contributed by atoms with van der Waals surface area (Å²) >= 11 is 6.40. The van der Waals surface area contributed by atoms with E-state index in [0.29, 0.717) is 24.2 Å². The molecule has 7 nitrogen and oxygen atoms in total. The summed E-state index contributed by atoms with van der Waals surface area (Å²) in [4.78, 5) is 15.1. The number of fused-ring (bicyclic) bond motifs is 3. The normalized spacial score (nSPS) is 23.0. The molecule has 9 heteroatoms. The fourth-order valence-corrected chi connectivity index (χ4v) is 8.25. The van der Waals surface area contributed by atoms with Crippen LogP contribution >= 0.6 is 11.6 Å². The predicted octanol–water partition coefficient (Wildman–Crippen LogP) is 5.50. The lowest BCUT2D eigenvalue weighted by molar-refractivity contribution is -0.118. The van der Waals surface area contributed by atoms with Gasteiger partial charge in [-0.25, -0.2) is 13.1 Å². The predicted molar refractivity (Wildman–Crippen MR) is 170 cm³/mol. The molecule has 3 aromatic rings. The molecule has 1 aliphatic heterocycles. The van der Waals surface area contributed by atoms with Crippen LogP contribution in [0, 0.1) is 11.8 Å². The van der Waals surface area contributed by atoms with Gasteiger partial charge in [-0.15, -0.1) is 0 Å². The highest BCUT2D eigenvalue weighted by molar-refractivity contribution is 7.90. The quantitative estimate of drug-likeness (QED) is 0.328. The van der Waals surface area contributed by atoms with Crippen LogP contribution in [0.3, 0.4) is 0 Å². The van der Waals surface area contributed by atoms with Crippen LogP contribution in [-0.2, 0) is 33.1 Å². The zero-order valence-corrected chi connectivity index (χ0v) is 26.2. The Kier molecular flexibility index (Phi) is 8.72. The first-order valence-corrected chi connectivity index (χ1v) is 17.2. The Morgan fingerprint density at radius 2 is 1.88 bits per heavy atom. The SMILES string of the molecule is CCNC[C@H]1CC[C@@H]1CN1C[C@@]2(CCCc3cc(Cl)ccc32)COc2ccc(S(=O)(=O)NC(=O)Cc3ccccc3)cc21. The molecule has 6 rings (SSSR count). The van der Waals surface area contributed by atoms with E-state index in [1.165, 1.54) is 17.5 Å². The number of carbonyl (C=O) groups is 1. The van der Waals surface area contributed by atoms with E-state index in [2.05, 4.69) is 34.0 Å². The van der Waals surface area contributed by atoms with E-state index >= 15 is 0 Å². The molecule has 1 fully saturated rings. The first-order valence-electron chi connectivity index (χ1n) is 15.4. The van der Waals surface area contributed by atoms with Crippen LogP contribution in [0.25, 0.3) is 0 Å². The van der Waals surface area contributed by atoms with Crippen molar-refractivity contribution in [3.8, 4) is 5.75 Å². The summed E-state index contributed by atoms with van der Waals surface area (Å²) in [5.41, 5.74) is 3.83. The van der Waals surface area contributed by atoms with E-state index in [0.717, 1.165) is 68.1 Å². The van der Waals surface area contributed by atoms with Gasteiger partial charge in [-0.05, 0) is 104 Å². The van der Waals surface area contributed by atoms with Gasteiger partial charge in [0.15, 0.2) is 0 Å². The Hall–Kier alpha value is -3.07. The average molecular weight is 622 g/mol. The number of aryl methyl sites for hydroxylation is 1. The maximum atomic E-state index is 13.4. The maximum Gasteiger partial charge on any atom is 0.264 e. The molecule has 3 atom stereocenters. The van der Waals surface area contributed by atoms with Crippen molar-refractivity contribution < 1.29 is 17.9 Å². The number of rotatable bonds is 9. The minimum absolute atomic E-state index is 0.0128. The van der Waals surface area contributed by atoms with Gasteiger partial charge in [0.05, 0.1) is 23.6 Å². The molecule has 2 N–H and O–H groups in total. The molecule has 1 spiro atoms. The molecule has 0 radical (unpaired) electrons. The van der Waals surface area contributed by atoms with Crippen LogP contribution in [0.5, 0.6) is 5.75 Å². The topological polar surface area (TPSA) is 87.7 Å². The largest absolute Gasteiger partial charge is 0.490 e. The van der Waals surface area contributed by atoms with E-state index in [1.54, 1.807) is 30.3 Å². The van der Waals surface area contributed by atoms with Crippen LogP contribution in [0.2, 0.25) is 5.02 Å². The van der Waals surface area contributed by atoms with Gasteiger partial charge in [-0.1, -0.05) is 54.9 Å². The molecule has 1 amide bonds. The minimum atomic E-state index is -4.08. The molecule has 0 unspecified atom stereocenters. The number of nitrogens with zero attached hydrogens (tertiary/aromatic N) is 1. The summed E-state index contributed by atoms with van der Waals surface area (Å²) in [7, 11) is -4.08. The number of hydrogen-bond donors (Lipinski definition) is 2. The summed E-state index contributed by atoms with van der Waals surface area (Å²) < 4.78 is 35.7. The van der Waals surface area contributed by atoms with Crippen LogP contribution in [0.4, 0.5) is 5.69 Å². The van der Waals surface area contributed by atoms with Gasteiger partial charge in [-0.3, -0.25) is 4.79 Å². The van der Waals surface area contributed by atoms with E-state index in [4.69, 9.17) is 16.3 Å². The van der Waals surface area contributed by atoms with E-state index in [-0.39, 0.29) is 16.7 Å². The minimum Gasteiger partial charge on any atom is -0.490 e. The van der Waals surface area contributed by atoms with Crippen molar-refractivity contribution in [1.29, 1.82) is 0 Å². The number of nitrogens with one attached hydrogen (secondary N) is 2. The lowest BCUT2D eigenvalue weighted by Gasteiger charge is -2.44. The molecule has 1 heterocycles. The fourth-order valence-electron chi connectivity index (χ4n) is 7.05. The van der Waals surface area contributed by atoms with Crippen LogP contribution in [0.1, 0.15) is 49.3 Å². The lowest BCUT2D eigenvalue weighted by Crippen LogP contribution is -2.49. The lowest BCUT2D eigenvalue weighted by atomic mass is 9.69. The van der Waals surface area contributed by atoms with Gasteiger partial charge in [0.1, 0.15) is 5.75 Å². The van der Waals surface area contributed by atoms with Crippen molar-refractivity contribution in [2.45, 2.75) is 55.8 Å². The number of benzene rings is 3.